The predicted molar refractivity (Wildman–Crippen MR) is 158 cm³/mol. The minimum Gasteiger partial charge on any atom is -0.466 e. The zero-order valence-electron chi connectivity index (χ0n) is 23.6. The minimum atomic E-state index is -3.34. The lowest BCUT2D eigenvalue weighted by Gasteiger charge is -2.47. The summed E-state index contributed by atoms with van der Waals surface area (Å²) in [4.78, 5) is 21.3. The van der Waals surface area contributed by atoms with E-state index in [1.54, 1.807) is 28.7 Å². The van der Waals surface area contributed by atoms with E-state index in [1.807, 2.05) is 23.8 Å². The van der Waals surface area contributed by atoms with Gasteiger partial charge in [0.05, 0.1) is 58.8 Å². The number of anilines is 2. The number of sulfonamides is 1. The molecule has 0 aliphatic carbocycles. The van der Waals surface area contributed by atoms with E-state index in [1.165, 1.54) is 15.6 Å². The van der Waals surface area contributed by atoms with Gasteiger partial charge in [-0.05, 0) is 31.2 Å². The predicted octanol–water partition coefficient (Wildman–Crippen LogP) is 3.89. The van der Waals surface area contributed by atoms with Crippen LogP contribution >= 0.6 is 11.3 Å². The van der Waals surface area contributed by atoms with Gasteiger partial charge in [0, 0.05) is 44.0 Å². The molecule has 4 aromatic heterocycles. The molecule has 0 aromatic carbocycles. The molecule has 42 heavy (non-hydrogen) atoms. The normalized spacial score (nSPS) is 14.9. The summed E-state index contributed by atoms with van der Waals surface area (Å²) in [6.45, 7) is 5.10. The number of fused-ring (bicyclic) bond motifs is 1. The molecule has 15 heteroatoms. The summed E-state index contributed by atoms with van der Waals surface area (Å²) in [5, 5.41) is 23.6. The number of nitrogens with one attached hydrogen (secondary N) is 1. The van der Waals surface area contributed by atoms with Crippen LogP contribution in [0.4, 0.5) is 11.6 Å². The van der Waals surface area contributed by atoms with Gasteiger partial charge in [-0.2, -0.15) is 19.8 Å². The van der Waals surface area contributed by atoms with Crippen molar-refractivity contribution in [3.8, 4) is 17.3 Å². The molecule has 0 unspecified atom stereocenters. The van der Waals surface area contributed by atoms with Crippen molar-refractivity contribution in [1.29, 1.82) is 5.26 Å². The quantitative estimate of drug-likeness (QED) is 0.164. The lowest BCUT2D eigenvalue weighted by molar-refractivity contribution is -0.143. The number of thiophene rings is 1. The van der Waals surface area contributed by atoms with Crippen LogP contribution in [0.5, 0.6) is 0 Å². The molecule has 0 saturated carbocycles. The van der Waals surface area contributed by atoms with Crippen molar-refractivity contribution in [2.75, 3.05) is 30.8 Å². The molecule has 5 rings (SSSR count). The number of nitriles is 1. The summed E-state index contributed by atoms with van der Waals surface area (Å²) in [6, 6.07) is 4.11. The maximum atomic E-state index is 12.3. The number of carbonyl (C=O) groups excluding carboxylic acids is 1. The van der Waals surface area contributed by atoms with Crippen LogP contribution in [0.2, 0.25) is 0 Å². The summed E-state index contributed by atoms with van der Waals surface area (Å²) in [5.74, 6) is 0.208. The fraction of sp³-hybridized carbons (Fsp3) is 0.481. The van der Waals surface area contributed by atoms with E-state index in [0.717, 1.165) is 28.6 Å². The smallest absolute Gasteiger partial charge is 0.305 e. The molecule has 1 aliphatic rings. The van der Waals surface area contributed by atoms with Crippen LogP contribution in [-0.2, 0) is 31.6 Å². The number of ether oxygens (including phenoxy) is 1. The lowest BCUT2D eigenvalue weighted by Crippen LogP contribution is -2.64. The zero-order chi connectivity index (χ0) is 29.7. The van der Waals surface area contributed by atoms with Crippen LogP contribution in [0.25, 0.3) is 21.5 Å². The van der Waals surface area contributed by atoms with E-state index >= 15 is 0 Å². The van der Waals surface area contributed by atoms with Gasteiger partial charge in [0.25, 0.3) is 0 Å². The van der Waals surface area contributed by atoms with Crippen molar-refractivity contribution in [3.63, 3.8) is 0 Å². The Morgan fingerprint density at radius 1 is 1.19 bits per heavy atom. The molecule has 0 bridgehead atoms. The summed E-state index contributed by atoms with van der Waals surface area (Å²) < 4.78 is 35.6. The molecule has 0 amide bonds. The highest BCUT2D eigenvalue weighted by atomic mass is 32.2. The number of aromatic nitrogens is 6. The number of esters is 1. The molecule has 1 N–H and O–H groups in total. The summed E-state index contributed by atoms with van der Waals surface area (Å²) in [7, 11) is -3.34. The lowest BCUT2D eigenvalue weighted by atomic mass is 9.89. The van der Waals surface area contributed by atoms with Gasteiger partial charge in [0.1, 0.15) is 5.54 Å². The highest BCUT2D eigenvalue weighted by Crippen LogP contribution is 2.37. The Hall–Kier alpha value is -3.87. The standard InChI is InChI=1S/C27H33N9O4S2/c1-3-5-12-40-23(37)7-6-11-34-17-21(15-29-34)31-26-32-22-8-13-41-25(22)24(33-26)20-14-30-36(16-20)27(9-10-28)18-35(19-27)42(38,39)4-2/h8,13-17H,3-7,9,11-12,18-19H2,1-2H3,(H,31,32,33). The van der Waals surface area contributed by atoms with Crippen LogP contribution in [-0.4, -0.2) is 73.7 Å². The SMILES string of the molecule is CCCCOC(=O)CCCn1cc(Nc2nc(-c3cnn(C4(CC#N)CN(S(=O)(=O)CC)C4)c3)c3sccc3n2)cn1. The highest BCUT2D eigenvalue weighted by molar-refractivity contribution is 7.89. The molecule has 0 spiro atoms. The van der Waals surface area contributed by atoms with Crippen molar-refractivity contribution < 1.29 is 17.9 Å². The Kier molecular flexibility index (Phi) is 8.85. The Balaban J connectivity index is 1.30. The first-order chi connectivity index (χ1) is 20.3. The maximum Gasteiger partial charge on any atom is 0.305 e. The highest BCUT2D eigenvalue weighted by Gasteiger charge is 2.49. The number of carbonyl (C=O) groups is 1. The fourth-order valence-electron chi connectivity index (χ4n) is 4.76. The van der Waals surface area contributed by atoms with Crippen molar-refractivity contribution in [2.24, 2.45) is 0 Å². The van der Waals surface area contributed by atoms with E-state index in [2.05, 4.69) is 33.5 Å². The van der Waals surface area contributed by atoms with Gasteiger partial charge in [-0.15, -0.1) is 11.3 Å². The van der Waals surface area contributed by atoms with E-state index in [4.69, 9.17) is 9.72 Å². The molecule has 1 saturated heterocycles. The van der Waals surface area contributed by atoms with E-state index in [0.29, 0.717) is 43.3 Å². The molecule has 222 valence electrons. The molecular formula is C27H33N9O4S2. The van der Waals surface area contributed by atoms with E-state index < -0.39 is 15.6 Å². The third-order valence-electron chi connectivity index (χ3n) is 7.17. The maximum absolute atomic E-state index is 12.3. The number of unbranched alkanes of at least 4 members (excludes halogenated alkanes) is 1. The van der Waals surface area contributed by atoms with Gasteiger partial charge in [-0.3, -0.25) is 14.2 Å². The molecule has 1 aliphatic heterocycles. The van der Waals surface area contributed by atoms with Gasteiger partial charge in [-0.1, -0.05) is 13.3 Å². The largest absolute Gasteiger partial charge is 0.466 e. The van der Waals surface area contributed by atoms with Crippen molar-refractivity contribution in [3.05, 3.63) is 36.2 Å². The van der Waals surface area contributed by atoms with Gasteiger partial charge < -0.3 is 10.1 Å². The number of aryl methyl sites for hydroxylation is 1. The topological polar surface area (TPSA) is 161 Å². The first kappa shape index (κ1) is 29.6. The number of hydrogen-bond acceptors (Lipinski definition) is 11. The van der Waals surface area contributed by atoms with Crippen molar-refractivity contribution in [2.45, 2.75) is 58.0 Å². The second-order valence-corrected chi connectivity index (χ2v) is 13.4. The second kappa shape index (κ2) is 12.6. The molecular weight excluding hydrogens is 578 g/mol. The average Bonchev–Trinajstić information content (AvgIpc) is 3.72. The third kappa shape index (κ3) is 6.30. The zero-order valence-corrected chi connectivity index (χ0v) is 25.2. The van der Waals surface area contributed by atoms with Gasteiger partial charge in [-0.25, -0.2) is 18.4 Å². The molecule has 0 radical (unpaired) electrons. The molecule has 13 nitrogen and oxygen atoms in total. The number of hydrogen-bond donors (Lipinski definition) is 1. The minimum absolute atomic E-state index is 0.0136. The Morgan fingerprint density at radius 2 is 2.02 bits per heavy atom. The second-order valence-electron chi connectivity index (χ2n) is 10.2. The third-order valence-corrected chi connectivity index (χ3v) is 9.86. The van der Waals surface area contributed by atoms with Crippen LogP contribution in [0.1, 0.15) is 46.0 Å². The molecule has 1 fully saturated rings. The van der Waals surface area contributed by atoms with Crippen LogP contribution in [0, 0.1) is 11.3 Å². The van der Waals surface area contributed by atoms with Gasteiger partial charge in [0.2, 0.25) is 16.0 Å². The Morgan fingerprint density at radius 3 is 2.79 bits per heavy atom. The van der Waals surface area contributed by atoms with E-state index in [9.17, 15) is 18.5 Å². The van der Waals surface area contributed by atoms with Gasteiger partial charge >= 0.3 is 5.97 Å². The molecule has 5 heterocycles. The van der Waals surface area contributed by atoms with E-state index in [-0.39, 0.29) is 31.2 Å². The fourth-order valence-corrected chi connectivity index (χ4v) is 6.84. The van der Waals surface area contributed by atoms with Crippen LogP contribution in [0.3, 0.4) is 0 Å². The van der Waals surface area contributed by atoms with Crippen LogP contribution < -0.4 is 5.32 Å². The van der Waals surface area contributed by atoms with Crippen molar-refractivity contribution in [1.82, 2.24) is 33.8 Å². The average molecular weight is 612 g/mol. The summed E-state index contributed by atoms with van der Waals surface area (Å²) in [5.41, 5.74) is 2.17. The summed E-state index contributed by atoms with van der Waals surface area (Å²) >= 11 is 1.51. The van der Waals surface area contributed by atoms with Gasteiger partial charge in [0.15, 0.2) is 0 Å². The Bertz CT molecular complexity index is 1700. The van der Waals surface area contributed by atoms with Crippen LogP contribution in [0.15, 0.2) is 36.2 Å². The van der Waals surface area contributed by atoms with Crippen molar-refractivity contribution >= 4 is 49.2 Å². The monoisotopic (exact) mass is 611 g/mol. The number of nitrogens with zero attached hydrogens (tertiary/aromatic N) is 8. The first-order valence-corrected chi connectivity index (χ1v) is 16.4. The molecule has 0 atom stereocenters. The Labute approximate surface area is 248 Å². The summed E-state index contributed by atoms with van der Waals surface area (Å²) in [6.07, 6.45) is 9.97. The first-order valence-electron chi connectivity index (χ1n) is 13.9. The molecule has 4 aromatic rings. The number of rotatable bonds is 14.